The van der Waals surface area contributed by atoms with Crippen LogP contribution in [0.2, 0.25) is 0 Å². The molecule has 7 nitrogen and oxygen atoms in total. The second kappa shape index (κ2) is 11.8. The van der Waals surface area contributed by atoms with Crippen molar-refractivity contribution in [3.05, 3.63) is 46.3 Å². The number of thiophene rings is 1. The molecule has 2 aromatic rings. The lowest BCUT2D eigenvalue weighted by molar-refractivity contribution is 0.0529. The Bertz CT molecular complexity index is 783. The standard InChI is InChI=1S/C21H31N5O2S.HI/c1-4-22-20(25-15-21(3,27)18-6-5-11-29-18)24-13-17-7-8-19(23-12-17)26-9-10-28-16(2)14-26;/h5-8,11-12,16,27H,4,9-10,13-15H2,1-3H3,(H2,22,24,25);1H. The van der Waals surface area contributed by atoms with Crippen LogP contribution in [-0.2, 0) is 16.9 Å². The molecule has 3 N–H and O–H groups in total. The fourth-order valence-electron chi connectivity index (χ4n) is 3.16. The van der Waals surface area contributed by atoms with Gasteiger partial charge < -0.3 is 25.4 Å². The maximum absolute atomic E-state index is 10.7. The number of ether oxygens (including phenoxy) is 1. The van der Waals surface area contributed by atoms with Crippen LogP contribution in [0.5, 0.6) is 0 Å². The van der Waals surface area contributed by atoms with Crippen molar-refractivity contribution < 1.29 is 9.84 Å². The molecule has 1 aliphatic rings. The Labute approximate surface area is 200 Å². The van der Waals surface area contributed by atoms with Crippen LogP contribution < -0.4 is 15.5 Å². The highest BCUT2D eigenvalue weighted by molar-refractivity contribution is 14.0. The number of morpholine rings is 1. The average Bonchev–Trinajstić information content (AvgIpc) is 3.26. The highest BCUT2D eigenvalue weighted by atomic mass is 127. The summed E-state index contributed by atoms with van der Waals surface area (Å²) in [4.78, 5) is 12.4. The number of anilines is 1. The zero-order valence-corrected chi connectivity index (χ0v) is 20.9. The Balaban J connectivity index is 0.00000320. The summed E-state index contributed by atoms with van der Waals surface area (Å²) < 4.78 is 5.59. The molecule has 0 aliphatic carbocycles. The maximum Gasteiger partial charge on any atom is 0.191 e. The Morgan fingerprint density at radius 1 is 1.40 bits per heavy atom. The minimum Gasteiger partial charge on any atom is -0.383 e. The van der Waals surface area contributed by atoms with E-state index in [1.54, 1.807) is 11.3 Å². The first kappa shape index (κ1) is 24.8. The smallest absolute Gasteiger partial charge is 0.191 e. The van der Waals surface area contributed by atoms with E-state index in [-0.39, 0.29) is 30.1 Å². The molecule has 2 atom stereocenters. The van der Waals surface area contributed by atoms with E-state index in [0.717, 1.165) is 42.5 Å². The fraction of sp³-hybridized carbons (Fsp3) is 0.524. The number of rotatable bonds is 7. The van der Waals surface area contributed by atoms with Gasteiger partial charge >= 0.3 is 0 Å². The van der Waals surface area contributed by atoms with Gasteiger partial charge in [0.25, 0.3) is 0 Å². The van der Waals surface area contributed by atoms with Gasteiger partial charge in [0.1, 0.15) is 11.4 Å². The predicted molar refractivity (Wildman–Crippen MR) is 134 cm³/mol. The van der Waals surface area contributed by atoms with Crippen molar-refractivity contribution in [2.75, 3.05) is 37.7 Å². The third-order valence-corrected chi connectivity index (χ3v) is 5.91. The molecule has 3 rings (SSSR count). The molecule has 166 valence electrons. The molecular formula is C21H32IN5O2S. The summed E-state index contributed by atoms with van der Waals surface area (Å²) in [6.07, 6.45) is 2.11. The summed E-state index contributed by atoms with van der Waals surface area (Å²) in [5.74, 6) is 1.65. The van der Waals surface area contributed by atoms with E-state index in [1.807, 2.05) is 43.6 Å². The number of aliphatic imine (C=N–C) groups is 1. The van der Waals surface area contributed by atoms with Crippen molar-refractivity contribution in [2.45, 2.75) is 39.0 Å². The number of nitrogens with zero attached hydrogens (tertiary/aromatic N) is 3. The van der Waals surface area contributed by atoms with Crippen LogP contribution in [0.15, 0.2) is 40.8 Å². The van der Waals surface area contributed by atoms with Crippen LogP contribution >= 0.6 is 35.3 Å². The van der Waals surface area contributed by atoms with Gasteiger partial charge in [-0.15, -0.1) is 35.3 Å². The van der Waals surface area contributed by atoms with Gasteiger partial charge in [-0.25, -0.2) is 9.98 Å². The van der Waals surface area contributed by atoms with Gasteiger partial charge in [-0.05, 0) is 43.8 Å². The molecule has 1 aliphatic heterocycles. The first-order valence-electron chi connectivity index (χ1n) is 10.1. The summed E-state index contributed by atoms with van der Waals surface area (Å²) in [7, 11) is 0. The lowest BCUT2D eigenvalue weighted by Crippen LogP contribution is -2.44. The van der Waals surface area contributed by atoms with Crippen molar-refractivity contribution in [2.24, 2.45) is 4.99 Å². The van der Waals surface area contributed by atoms with Crippen LogP contribution in [0.1, 0.15) is 31.2 Å². The van der Waals surface area contributed by atoms with E-state index in [4.69, 9.17) is 4.74 Å². The van der Waals surface area contributed by atoms with Gasteiger partial charge in [-0.3, -0.25) is 0 Å². The van der Waals surface area contributed by atoms with Crippen LogP contribution in [0, 0.1) is 0 Å². The molecule has 9 heteroatoms. The van der Waals surface area contributed by atoms with Crippen molar-refractivity contribution in [3.8, 4) is 0 Å². The first-order chi connectivity index (χ1) is 14.0. The average molecular weight is 545 g/mol. The van der Waals surface area contributed by atoms with Gasteiger partial charge in [0.2, 0.25) is 0 Å². The summed E-state index contributed by atoms with van der Waals surface area (Å²) in [5.41, 5.74) is 0.0975. The van der Waals surface area contributed by atoms with E-state index < -0.39 is 5.60 Å². The fourth-order valence-corrected chi connectivity index (χ4v) is 3.95. The lowest BCUT2D eigenvalue weighted by Gasteiger charge is -2.32. The van der Waals surface area contributed by atoms with Crippen LogP contribution in [0.4, 0.5) is 5.82 Å². The molecule has 0 saturated carbocycles. The number of aromatic nitrogens is 1. The number of aliphatic hydroxyl groups is 1. The van der Waals surface area contributed by atoms with Crippen molar-refractivity contribution >= 4 is 47.1 Å². The Morgan fingerprint density at radius 2 is 2.23 bits per heavy atom. The number of guanidine groups is 1. The molecule has 0 spiro atoms. The van der Waals surface area contributed by atoms with Gasteiger partial charge in [0.15, 0.2) is 5.96 Å². The Kier molecular flexibility index (Phi) is 9.79. The van der Waals surface area contributed by atoms with Crippen molar-refractivity contribution in [1.29, 1.82) is 0 Å². The Hall–Kier alpha value is -1.43. The minimum atomic E-state index is -0.942. The Morgan fingerprint density at radius 3 is 2.87 bits per heavy atom. The van der Waals surface area contributed by atoms with Crippen molar-refractivity contribution in [3.63, 3.8) is 0 Å². The summed E-state index contributed by atoms with van der Waals surface area (Å²) in [5, 5.41) is 19.1. The summed E-state index contributed by atoms with van der Waals surface area (Å²) in [6.45, 7) is 10.0. The normalized spacial score (nSPS) is 19.0. The van der Waals surface area contributed by atoms with E-state index >= 15 is 0 Å². The van der Waals surface area contributed by atoms with Gasteiger partial charge in [0.05, 0.1) is 25.8 Å². The van der Waals surface area contributed by atoms with E-state index in [1.165, 1.54) is 0 Å². The second-order valence-electron chi connectivity index (χ2n) is 7.45. The van der Waals surface area contributed by atoms with Crippen LogP contribution in [-0.4, -0.2) is 54.9 Å². The summed E-state index contributed by atoms with van der Waals surface area (Å²) >= 11 is 1.55. The van der Waals surface area contributed by atoms with Gasteiger partial charge in [-0.1, -0.05) is 12.1 Å². The molecule has 0 bridgehead atoms. The highest BCUT2D eigenvalue weighted by Gasteiger charge is 2.24. The SMILES string of the molecule is CCNC(=NCc1ccc(N2CCOC(C)C2)nc1)NCC(C)(O)c1cccs1.I. The first-order valence-corrected chi connectivity index (χ1v) is 11.0. The van der Waals surface area contributed by atoms with E-state index in [9.17, 15) is 5.11 Å². The third-order valence-electron chi connectivity index (χ3n) is 4.79. The molecule has 30 heavy (non-hydrogen) atoms. The number of hydrogen-bond acceptors (Lipinski definition) is 6. The van der Waals surface area contributed by atoms with Crippen LogP contribution in [0.25, 0.3) is 0 Å². The molecule has 0 radical (unpaired) electrons. The second-order valence-corrected chi connectivity index (χ2v) is 8.40. The molecule has 2 unspecified atom stereocenters. The molecular weight excluding hydrogens is 513 g/mol. The monoisotopic (exact) mass is 545 g/mol. The van der Waals surface area contributed by atoms with E-state index in [0.29, 0.717) is 19.0 Å². The largest absolute Gasteiger partial charge is 0.383 e. The third kappa shape index (κ3) is 7.07. The predicted octanol–water partition coefficient (Wildman–Crippen LogP) is 2.95. The topological polar surface area (TPSA) is 82.0 Å². The number of pyridine rings is 1. The van der Waals surface area contributed by atoms with Crippen molar-refractivity contribution in [1.82, 2.24) is 15.6 Å². The number of halogens is 1. The molecule has 1 fully saturated rings. The maximum atomic E-state index is 10.7. The van der Waals surface area contributed by atoms with Crippen LogP contribution in [0.3, 0.4) is 0 Å². The van der Waals surface area contributed by atoms with Gasteiger partial charge in [0, 0.05) is 30.7 Å². The minimum absolute atomic E-state index is 0. The molecule has 0 amide bonds. The quantitative estimate of drug-likeness (QED) is 0.282. The molecule has 3 heterocycles. The zero-order chi connectivity index (χ0) is 20.7. The molecule has 2 aromatic heterocycles. The lowest BCUT2D eigenvalue weighted by atomic mass is 10.1. The molecule has 0 aromatic carbocycles. The zero-order valence-electron chi connectivity index (χ0n) is 17.8. The molecule has 1 saturated heterocycles. The highest BCUT2D eigenvalue weighted by Crippen LogP contribution is 2.24. The van der Waals surface area contributed by atoms with E-state index in [2.05, 4.69) is 38.5 Å². The number of hydrogen-bond donors (Lipinski definition) is 3. The van der Waals surface area contributed by atoms with Gasteiger partial charge in [-0.2, -0.15) is 0 Å². The number of nitrogens with one attached hydrogen (secondary N) is 2. The summed E-state index contributed by atoms with van der Waals surface area (Å²) in [6, 6.07) is 8.00.